The Hall–Kier alpha value is -1.39. The number of amides is 1. The van der Waals surface area contributed by atoms with Gasteiger partial charge in [0.05, 0.1) is 6.61 Å². The Morgan fingerprint density at radius 1 is 1.37 bits per heavy atom. The van der Waals surface area contributed by atoms with Crippen LogP contribution in [0, 0.1) is 0 Å². The lowest BCUT2D eigenvalue weighted by atomic mass is 10.1. The highest BCUT2D eigenvalue weighted by molar-refractivity contribution is 5.77. The van der Waals surface area contributed by atoms with Crippen molar-refractivity contribution in [2.75, 3.05) is 26.3 Å². The van der Waals surface area contributed by atoms with Crippen LogP contribution >= 0.6 is 0 Å². The first kappa shape index (κ1) is 14.0. The van der Waals surface area contributed by atoms with Gasteiger partial charge in [-0.15, -0.1) is 0 Å². The van der Waals surface area contributed by atoms with Crippen LogP contribution in [0.2, 0.25) is 0 Å². The molecule has 1 atom stereocenters. The Bertz CT molecular complexity index is 375. The number of nitrogens with one attached hydrogen (secondary N) is 2. The summed E-state index contributed by atoms with van der Waals surface area (Å²) >= 11 is 0. The summed E-state index contributed by atoms with van der Waals surface area (Å²) in [5.41, 5.74) is 1.24. The van der Waals surface area contributed by atoms with Gasteiger partial charge in [-0.2, -0.15) is 0 Å². The van der Waals surface area contributed by atoms with Gasteiger partial charge in [-0.1, -0.05) is 30.3 Å². The number of carbonyl (C=O) groups excluding carboxylic acids is 1. The van der Waals surface area contributed by atoms with Gasteiger partial charge in [-0.3, -0.25) is 4.79 Å². The second-order valence-electron chi connectivity index (χ2n) is 4.90. The van der Waals surface area contributed by atoms with Gasteiger partial charge in [0.1, 0.15) is 6.61 Å². The minimum atomic E-state index is -0.0123. The molecule has 4 heteroatoms. The maximum Gasteiger partial charge on any atom is 0.246 e. The lowest BCUT2D eigenvalue weighted by Gasteiger charge is -2.23. The summed E-state index contributed by atoms with van der Waals surface area (Å²) < 4.78 is 5.41. The predicted molar refractivity (Wildman–Crippen MR) is 75.0 cm³/mol. The van der Waals surface area contributed by atoms with Crippen molar-refractivity contribution in [3.8, 4) is 0 Å². The van der Waals surface area contributed by atoms with Crippen molar-refractivity contribution >= 4 is 5.91 Å². The van der Waals surface area contributed by atoms with Gasteiger partial charge in [0.15, 0.2) is 0 Å². The molecular weight excluding hydrogens is 240 g/mol. The molecule has 1 saturated heterocycles. The van der Waals surface area contributed by atoms with E-state index in [0.29, 0.717) is 6.61 Å². The monoisotopic (exact) mass is 262 g/mol. The first-order valence-electron chi connectivity index (χ1n) is 6.96. The maximum atomic E-state index is 11.7. The highest BCUT2D eigenvalue weighted by Gasteiger charge is 2.14. The lowest BCUT2D eigenvalue weighted by molar-refractivity contribution is -0.126. The van der Waals surface area contributed by atoms with E-state index in [0.717, 1.165) is 32.4 Å². The SMILES string of the molecule is O=C(COCCc1ccccc1)N[C@H]1CCCNC1. The molecule has 1 amide bonds. The van der Waals surface area contributed by atoms with E-state index in [1.54, 1.807) is 0 Å². The van der Waals surface area contributed by atoms with Crippen LogP contribution in [0.4, 0.5) is 0 Å². The summed E-state index contributed by atoms with van der Waals surface area (Å²) in [6.07, 6.45) is 3.03. The average molecular weight is 262 g/mol. The summed E-state index contributed by atoms with van der Waals surface area (Å²) in [5.74, 6) is -0.0123. The Balaban J connectivity index is 1.56. The van der Waals surface area contributed by atoms with Gasteiger partial charge in [-0.05, 0) is 31.4 Å². The van der Waals surface area contributed by atoms with E-state index in [-0.39, 0.29) is 18.6 Å². The van der Waals surface area contributed by atoms with E-state index in [4.69, 9.17) is 4.74 Å². The molecule has 2 N–H and O–H groups in total. The van der Waals surface area contributed by atoms with Crippen LogP contribution in [-0.2, 0) is 16.0 Å². The maximum absolute atomic E-state index is 11.7. The summed E-state index contributed by atoms with van der Waals surface area (Å²) in [4.78, 5) is 11.7. The molecule has 1 aliphatic heterocycles. The lowest BCUT2D eigenvalue weighted by Crippen LogP contribution is -2.46. The van der Waals surface area contributed by atoms with Gasteiger partial charge in [0.2, 0.25) is 5.91 Å². The molecule has 4 nitrogen and oxygen atoms in total. The molecule has 2 rings (SSSR count). The second kappa shape index (κ2) is 7.92. The minimum Gasteiger partial charge on any atom is -0.371 e. The van der Waals surface area contributed by atoms with Gasteiger partial charge >= 0.3 is 0 Å². The number of ether oxygens (including phenoxy) is 1. The van der Waals surface area contributed by atoms with Crippen molar-refractivity contribution in [2.45, 2.75) is 25.3 Å². The molecule has 0 aliphatic carbocycles. The zero-order valence-electron chi connectivity index (χ0n) is 11.2. The number of piperidine rings is 1. The first-order chi connectivity index (χ1) is 9.34. The smallest absolute Gasteiger partial charge is 0.246 e. The average Bonchev–Trinajstić information content (AvgIpc) is 2.46. The molecule has 104 valence electrons. The van der Waals surface area contributed by atoms with Crippen molar-refractivity contribution in [1.82, 2.24) is 10.6 Å². The molecule has 1 aromatic rings. The van der Waals surface area contributed by atoms with Crippen molar-refractivity contribution in [1.29, 1.82) is 0 Å². The zero-order valence-corrected chi connectivity index (χ0v) is 11.2. The number of rotatable bonds is 6. The molecule has 0 spiro atoms. The number of benzene rings is 1. The molecular formula is C15H22N2O2. The highest BCUT2D eigenvalue weighted by Crippen LogP contribution is 2.01. The Kier molecular flexibility index (Phi) is 5.85. The molecule has 1 aliphatic rings. The van der Waals surface area contributed by atoms with Crippen LogP contribution in [0.5, 0.6) is 0 Å². The van der Waals surface area contributed by atoms with Crippen molar-refractivity contribution in [3.05, 3.63) is 35.9 Å². The molecule has 0 aromatic heterocycles. The fraction of sp³-hybridized carbons (Fsp3) is 0.533. The van der Waals surface area contributed by atoms with Gasteiger partial charge in [0, 0.05) is 12.6 Å². The Labute approximate surface area is 114 Å². The fourth-order valence-electron chi connectivity index (χ4n) is 2.24. The molecule has 1 aromatic carbocycles. The summed E-state index contributed by atoms with van der Waals surface area (Å²) in [6, 6.07) is 10.4. The Morgan fingerprint density at radius 3 is 2.95 bits per heavy atom. The van der Waals surface area contributed by atoms with Crippen molar-refractivity contribution in [3.63, 3.8) is 0 Å². The third-order valence-corrected chi connectivity index (χ3v) is 3.27. The topological polar surface area (TPSA) is 50.4 Å². The molecule has 0 radical (unpaired) electrons. The number of carbonyl (C=O) groups is 1. The van der Waals surface area contributed by atoms with Crippen LogP contribution in [0.1, 0.15) is 18.4 Å². The molecule has 19 heavy (non-hydrogen) atoms. The number of hydrogen-bond donors (Lipinski definition) is 2. The van der Waals surface area contributed by atoms with Crippen LogP contribution < -0.4 is 10.6 Å². The quantitative estimate of drug-likeness (QED) is 0.755. The molecule has 0 saturated carbocycles. The largest absolute Gasteiger partial charge is 0.371 e. The molecule has 1 heterocycles. The van der Waals surface area contributed by atoms with Crippen LogP contribution in [0.25, 0.3) is 0 Å². The highest BCUT2D eigenvalue weighted by atomic mass is 16.5. The summed E-state index contributed by atoms with van der Waals surface area (Å²) in [5, 5.41) is 6.26. The van der Waals surface area contributed by atoms with Crippen LogP contribution in [0.15, 0.2) is 30.3 Å². The van der Waals surface area contributed by atoms with E-state index in [1.165, 1.54) is 5.56 Å². The second-order valence-corrected chi connectivity index (χ2v) is 4.90. The first-order valence-corrected chi connectivity index (χ1v) is 6.96. The fourth-order valence-corrected chi connectivity index (χ4v) is 2.24. The Morgan fingerprint density at radius 2 is 2.21 bits per heavy atom. The van der Waals surface area contributed by atoms with Gasteiger partial charge in [-0.25, -0.2) is 0 Å². The molecule has 0 unspecified atom stereocenters. The van der Waals surface area contributed by atoms with Gasteiger partial charge < -0.3 is 15.4 Å². The molecule has 0 bridgehead atoms. The third kappa shape index (κ3) is 5.41. The predicted octanol–water partition coefficient (Wildman–Crippen LogP) is 1.11. The van der Waals surface area contributed by atoms with Crippen molar-refractivity contribution < 1.29 is 9.53 Å². The normalized spacial score (nSPS) is 19.1. The van der Waals surface area contributed by atoms with E-state index >= 15 is 0 Å². The minimum absolute atomic E-state index is 0.0123. The standard InChI is InChI=1S/C15H22N2O2/c18-15(17-14-7-4-9-16-11-14)12-19-10-8-13-5-2-1-3-6-13/h1-3,5-6,14,16H,4,7-12H2,(H,17,18)/t14-/m0/s1. The summed E-state index contributed by atoms with van der Waals surface area (Å²) in [6.45, 7) is 2.67. The van der Waals surface area contributed by atoms with Crippen LogP contribution in [-0.4, -0.2) is 38.3 Å². The summed E-state index contributed by atoms with van der Waals surface area (Å²) in [7, 11) is 0. The van der Waals surface area contributed by atoms with E-state index < -0.39 is 0 Å². The third-order valence-electron chi connectivity index (χ3n) is 3.27. The number of hydrogen-bond acceptors (Lipinski definition) is 3. The van der Waals surface area contributed by atoms with E-state index in [1.807, 2.05) is 18.2 Å². The van der Waals surface area contributed by atoms with Gasteiger partial charge in [0.25, 0.3) is 0 Å². The van der Waals surface area contributed by atoms with E-state index in [2.05, 4.69) is 22.8 Å². The van der Waals surface area contributed by atoms with Crippen molar-refractivity contribution in [2.24, 2.45) is 0 Å². The molecule has 1 fully saturated rings. The zero-order chi connectivity index (χ0) is 13.3. The van der Waals surface area contributed by atoms with Crippen LogP contribution in [0.3, 0.4) is 0 Å². The van der Waals surface area contributed by atoms with E-state index in [9.17, 15) is 4.79 Å².